The van der Waals surface area contributed by atoms with Crippen molar-refractivity contribution in [2.45, 2.75) is 52.6 Å². The fourth-order valence-electron chi connectivity index (χ4n) is 3.53. The smallest absolute Gasteiger partial charge is 0.244 e. The number of nitrogens with zero attached hydrogens (tertiary/aromatic N) is 2. The zero-order valence-electron chi connectivity index (χ0n) is 21.0. The standard InChI is InChI=1S/C26H35N3O5S/c1-6-19(2)27-26(32)20(3)28(16-15-22-11-8-7-9-12-22)25(31)18-29(35(5,33)34)24-14-10-13-23(17-24)21(4)30/h7-14,17,19-20H,6,15-16,18H2,1-5H3,(H,27,32)/t19-,20-/m1/s1. The minimum atomic E-state index is -3.85. The van der Waals surface area contributed by atoms with Crippen LogP contribution in [0.2, 0.25) is 0 Å². The third-order valence-electron chi connectivity index (χ3n) is 5.87. The molecule has 190 valence electrons. The van der Waals surface area contributed by atoms with E-state index in [2.05, 4.69) is 5.32 Å². The first-order valence-corrected chi connectivity index (χ1v) is 13.5. The number of benzene rings is 2. The highest BCUT2D eigenvalue weighted by atomic mass is 32.2. The molecule has 0 unspecified atom stereocenters. The van der Waals surface area contributed by atoms with Crippen LogP contribution in [0.5, 0.6) is 0 Å². The number of carbonyl (C=O) groups excluding carboxylic acids is 3. The van der Waals surface area contributed by atoms with Crippen LogP contribution >= 0.6 is 0 Å². The van der Waals surface area contributed by atoms with Gasteiger partial charge in [0.05, 0.1) is 11.9 Å². The van der Waals surface area contributed by atoms with E-state index in [-0.39, 0.29) is 30.0 Å². The largest absolute Gasteiger partial charge is 0.352 e. The van der Waals surface area contributed by atoms with Crippen molar-refractivity contribution in [2.75, 3.05) is 23.7 Å². The number of hydrogen-bond acceptors (Lipinski definition) is 5. The van der Waals surface area contributed by atoms with Crippen molar-refractivity contribution >= 4 is 33.3 Å². The summed E-state index contributed by atoms with van der Waals surface area (Å²) in [6.45, 7) is 6.61. The highest BCUT2D eigenvalue weighted by Gasteiger charge is 2.30. The third kappa shape index (κ3) is 8.20. The van der Waals surface area contributed by atoms with Gasteiger partial charge in [-0.15, -0.1) is 0 Å². The molecule has 0 aliphatic carbocycles. The van der Waals surface area contributed by atoms with E-state index >= 15 is 0 Å². The SMILES string of the molecule is CC[C@@H](C)NC(=O)[C@@H](C)N(CCc1ccccc1)C(=O)CN(c1cccc(C(C)=O)c1)S(C)(=O)=O. The van der Waals surface area contributed by atoms with Gasteiger partial charge in [-0.25, -0.2) is 8.42 Å². The van der Waals surface area contributed by atoms with Crippen LogP contribution in [0.1, 0.15) is 50.0 Å². The van der Waals surface area contributed by atoms with Crippen LogP contribution in [-0.4, -0.2) is 62.3 Å². The first kappa shape index (κ1) is 28.0. The quantitative estimate of drug-likeness (QED) is 0.450. The molecule has 9 heteroatoms. The topological polar surface area (TPSA) is 104 Å². The Kier molecular flexibility index (Phi) is 10.0. The van der Waals surface area contributed by atoms with Crippen LogP contribution in [0.4, 0.5) is 5.69 Å². The van der Waals surface area contributed by atoms with Crippen LogP contribution < -0.4 is 9.62 Å². The summed E-state index contributed by atoms with van der Waals surface area (Å²) in [5.74, 6) is -1.02. The molecule has 0 saturated carbocycles. The second-order valence-corrected chi connectivity index (χ2v) is 10.6. The number of Topliss-reactive ketones (excluding diaryl/α,β-unsaturated/α-hetero) is 1. The molecule has 2 rings (SSSR count). The molecule has 2 amide bonds. The number of sulfonamides is 1. The highest BCUT2D eigenvalue weighted by molar-refractivity contribution is 7.92. The summed E-state index contributed by atoms with van der Waals surface area (Å²) < 4.78 is 26.2. The number of hydrogen-bond donors (Lipinski definition) is 1. The second-order valence-electron chi connectivity index (χ2n) is 8.69. The van der Waals surface area contributed by atoms with E-state index in [9.17, 15) is 22.8 Å². The van der Waals surface area contributed by atoms with Crippen LogP contribution in [0.3, 0.4) is 0 Å². The number of amides is 2. The van der Waals surface area contributed by atoms with Crippen molar-refractivity contribution < 1.29 is 22.8 Å². The van der Waals surface area contributed by atoms with Crippen LogP contribution in [-0.2, 0) is 26.0 Å². The predicted molar refractivity (Wildman–Crippen MR) is 138 cm³/mol. The Hall–Kier alpha value is -3.20. The van der Waals surface area contributed by atoms with Gasteiger partial charge < -0.3 is 10.2 Å². The van der Waals surface area contributed by atoms with E-state index in [0.29, 0.717) is 12.0 Å². The van der Waals surface area contributed by atoms with Gasteiger partial charge in [0.25, 0.3) is 0 Å². The van der Waals surface area contributed by atoms with Crippen molar-refractivity contribution in [1.82, 2.24) is 10.2 Å². The molecule has 0 radical (unpaired) electrons. The molecular formula is C26H35N3O5S. The van der Waals surface area contributed by atoms with E-state index in [1.807, 2.05) is 44.2 Å². The fourth-order valence-corrected chi connectivity index (χ4v) is 4.37. The number of nitrogens with one attached hydrogen (secondary N) is 1. The van der Waals surface area contributed by atoms with E-state index in [1.165, 1.54) is 24.0 Å². The van der Waals surface area contributed by atoms with Gasteiger partial charge in [0, 0.05) is 18.2 Å². The number of anilines is 1. The summed E-state index contributed by atoms with van der Waals surface area (Å²) in [5.41, 5.74) is 1.55. The summed E-state index contributed by atoms with van der Waals surface area (Å²) in [6.07, 6.45) is 2.26. The van der Waals surface area contributed by atoms with Crippen LogP contribution in [0.25, 0.3) is 0 Å². The summed E-state index contributed by atoms with van der Waals surface area (Å²) in [7, 11) is -3.85. The summed E-state index contributed by atoms with van der Waals surface area (Å²) in [5, 5.41) is 2.90. The van der Waals surface area contributed by atoms with Crippen LogP contribution in [0, 0.1) is 0 Å². The maximum absolute atomic E-state index is 13.5. The lowest BCUT2D eigenvalue weighted by Gasteiger charge is -2.32. The lowest BCUT2D eigenvalue weighted by atomic mass is 10.1. The molecule has 2 aromatic carbocycles. The van der Waals surface area contributed by atoms with E-state index < -0.39 is 28.5 Å². The molecular weight excluding hydrogens is 466 g/mol. The van der Waals surface area contributed by atoms with Crippen molar-refractivity contribution in [3.8, 4) is 0 Å². The van der Waals surface area contributed by atoms with Gasteiger partial charge in [0.2, 0.25) is 21.8 Å². The Bertz CT molecular complexity index is 1130. The molecule has 2 aromatic rings. The van der Waals surface area contributed by atoms with Gasteiger partial charge >= 0.3 is 0 Å². The fraction of sp³-hybridized carbons (Fsp3) is 0.423. The average Bonchev–Trinajstić information content (AvgIpc) is 2.82. The number of rotatable bonds is 12. The second kappa shape index (κ2) is 12.5. The first-order valence-electron chi connectivity index (χ1n) is 11.7. The minimum absolute atomic E-state index is 0.0575. The Morgan fingerprint density at radius 1 is 1.00 bits per heavy atom. The zero-order chi connectivity index (χ0) is 26.2. The molecule has 0 aliphatic heterocycles. The van der Waals surface area contributed by atoms with Gasteiger partial charge in [-0.2, -0.15) is 0 Å². The average molecular weight is 502 g/mol. The van der Waals surface area contributed by atoms with E-state index in [4.69, 9.17) is 0 Å². The minimum Gasteiger partial charge on any atom is -0.352 e. The summed E-state index contributed by atoms with van der Waals surface area (Å²) in [4.78, 5) is 39.6. The highest BCUT2D eigenvalue weighted by Crippen LogP contribution is 2.20. The van der Waals surface area contributed by atoms with Crippen molar-refractivity contribution in [3.05, 3.63) is 65.7 Å². The Balaban J connectivity index is 2.35. The van der Waals surface area contributed by atoms with Crippen molar-refractivity contribution in [2.24, 2.45) is 0 Å². The molecule has 0 fully saturated rings. The van der Waals surface area contributed by atoms with E-state index in [1.54, 1.807) is 19.1 Å². The molecule has 0 bridgehead atoms. The molecule has 8 nitrogen and oxygen atoms in total. The molecule has 1 N–H and O–H groups in total. The molecule has 2 atom stereocenters. The van der Waals surface area contributed by atoms with Crippen molar-refractivity contribution in [1.29, 1.82) is 0 Å². The molecule has 0 spiro atoms. The maximum Gasteiger partial charge on any atom is 0.244 e. The predicted octanol–water partition coefficient (Wildman–Crippen LogP) is 3.03. The van der Waals surface area contributed by atoms with Gasteiger partial charge in [0.1, 0.15) is 12.6 Å². The molecule has 0 heterocycles. The number of ketones is 1. The summed E-state index contributed by atoms with van der Waals surface area (Å²) >= 11 is 0. The molecule has 0 aromatic heterocycles. The van der Waals surface area contributed by atoms with Gasteiger partial charge in [0.15, 0.2) is 5.78 Å². The van der Waals surface area contributed by atoms with E-state index in [0.717, 1.165) is 22.5 Å². The Morgan fingerprint density at radius 3 is 2.23 bits per heavy atom. The van der Waals surface area contributed by atoms with Crippen molar-refractivity contribution in [3.63, 3.8) is 0 Å². The Morgan fingerprint density at radius 2 is 1.66 bits per heavy atom. The number of carbonyl (C=O) groups is 3. The lowest BCUT2D eigenvalue weighted by molar-refractivity contribution is -0.139. The monoisotopic (exact) mass is 501 g/mol. The first-order chi connectivity index (χ1) is 16.4. The molecule has 0 saturated heterocycles. The lowest BCUT2D eigenvalue weighted by Crippen LogP contribution is -2.53. The normalized spacial score (nSPS) is 12.9. The van der Waals surface area contributed by atoms with Gasteiger partial charge in [-0.3, -0.25) is 18.7 Å². The third-order valence-corrected chi connectivity index (χ3v) is 7.01. The molecule has 35 heavy (non-hydrogen) atoms. The van der Waals surface area contributed by atoms with Gasteiger partial charge in [-0.05, 0) is 51.3 Å². The summed E-state index contributed by atoms with van der Waals surface area (Å²) in [6, 6.07) is 14.8. The molecule has 0 aliphatic rings. The zero-order valence-corrected chi connectivity index (χ0v) is 21.8. The van der Waals surface area contributed by atoms with Crippen LogP contribution in [0.15, 0.2) is 54.6 Å². The maximum atomic E-state index is 13.5. The van der Waals surface area contributed by atoms with Gasteiger partial charge in [-0.1, -0.05) is 49.4 Å². The Labute approximate surface area is 208 Å².